The number of benzene rings is 3. The van der Waals surface area contributed by atoms with Gasteiger partial charge < -0.3 is 10.2 Å². The van der Waals surface area contributed by atoms with Crippen LogP contribution in [0.3, 0.4) is 0 Å². The van der Waals surface area contributed by atoms with E-state index in [-0.39, 0.29) is 23.5 Å². The second kappa shape index (κ2) is 9.29. The lowest BCUT2D eigenvalue weighted by molar-refractivity contribution is -0.114. The molecule has 0 bridgehead atoms. The molecule has 0 atom stereocenters. The van der Waals surface area contributed by atoms with Crippen molar-refractivity contribution >= 4 is 17.3 Å². The second-order valence-corrected chi connectivity index (χ2v) is 8.10. The zero-order chi connectivity index (χ0) is 21.8. The van der Waals surface area contributed by atoms with Gasteiger partial charge in [-0.1, -0.05) is 36.4 Å². The summed E-state index contributed by atoms with van der Waals surface area (Å²) in [5.74, 6) is -0.180. The fraction of sp³-hybridized carbons (Fsp3) is 0.269. The van der Waals surface area contributed by atoms with Crippen molar-refractivity contribution in [3.05, 3.63) is 95.6 Å². The highest BCUT2D eigenvalue weighted by molar-refractivity contribution is 5.92. The van der Waals surface area contributed by atoms with Crippen LogP contribution in [0.2, 0.25) is 0 Å². The number of hydrogen-bond acceptors (Lipinski definition) is 2. The number of amides is 1. The van der Waals surface area contributed by atoms with Gasteiger partial charge in [0.1, 0.15) is 11.6 Å². The van der Waals surface area contributed by atoms with Gasteiger partial charge in [0.2, 0.25) is 5.91 Å². The summed E-state index contributed by atoms with van der Waals surface area (Å²) in [5.41, 5.74) is 3.94. The van der Waals surface area contributed by atoms with Crippen molar-refractivity contribution in [2.75, 3.05) is 23.3 Å². The smallest absolute Gasteiger partial charge is 0.221 e. The maximum Gasteiger partial charge on any atom is 0.221 e. The number of carbonyl (C=O) groups excluding carboxylic acids is 1. The molecule has 5 heteroatoms. The normalized spacial score (nSPS) is 14.6. The summed E-state index contributed by atoms with van der Waals surface area (Å²) in [7, 11) is 0. The molecule has 1 aliphatic heterocycles. The Labute approximate surface area is 181 Å². The van der Waals surface area contributed by atoms with Gasteiger partial charge in [0.05, 0.1) is 11.4 Å². The molecule has 3 aromatic carbocycles. The highest BCUT2D eigenvalue weighted by Gasteiger charge is 2.29. The predicted molar refractivity (Wildman–Crippen MR) is 120 cm³/mol. The lowest BCUT2D eigenvalue weighted by Crippen LogP contribution is -2.36. The van der Waals surface area contributed by atoms with Gasteiger partial charge in [-0.05, 0) is 66.3 Å². The van der Waals surface area contributed by atoms with Crippen LogP contribution in [0.5, 0.6) is 0 Å². The Hall–Kier alpha value is -3.21. The zero-order valence-electron chi connectivity index (χ0n) is 17.5. The first-order chi connectivity index (χ1) is 15.0. The molecule has 0 radical (unpaired) electrons. The monoisotopic (exact) mass is 420 g/mol. The van der Waals surface area contributed by atoms with Crippen LogP contribution in [0.25, 0.3) is 0 Å². The number of nitrogens with zero attached hydrogens (tertiary/aromatic N) is 1. The van der Waals surface area contributed by atoms with Crippen LogP contribution < -0.4 is 10.2 Å². The minimum absolute atomic E-state index is 0.0777. The summed E-state index contributed by atoms with van der Waals surface area (Å²) in [6, 6.07) is 21.1. The molecule has 3 nitrogen and oxygen atoms in total. The average molecular weight is 421 g/mol. The van der Waals surface area contributed by atoms with Gasteiger partial charge in [0, 0.05) is 25.9 Å². The summed E-state index contributed by atoms with van der Waals surface area (Å²) in [5, 5.41) is 2.92. The maximum atomic E-state index is 13.5. The summed E-state index contributed by atoms with van der Waals surface area (Å²) in [6.07, 6.45) is 1.88. The van der Waals surface area contributed by atoms with E-state index in [0.29, 0.717) is 5.92 Å². The Morgan fingerprint density at radius 2 is 1.39 bits per heavy atom. The summed E-state index contributed by atoms with van der Waals surface area (Å²) < 4.78 is 27.1. The first-order valence-corrected chi connectivity index (χ1v) is 10.6. The Morgan fingerprint density at radius 1 is 0.871 bits per heavy atom. The number of rotatable bonds is 5. The Balaban J connectivity index is 1.56. The van der Waals surface area contributed by atoms with Crippen molar-refractivity contribution in [1.29, 1.82) is 0 Å². The molecule has 160 valence electrons. The van der Waals surface area contributed by atoms with Crippen molar-refractivity contribution in [3.63, 3.8) is 0 Å². The third-order valence-electron chi connectivity index (χ3n) is 6.02. The van der Waals surface area contributed by atoms with E-state index >= 15 is 0 Å². The van der Waals surface area contributed by atoms with Gasteiger partial charge in [-0.15, -0.1) is 0 Å². The molecular weight excluding hydrogens is 394 g/mol. The highest BCUT2D eigenvalue weighted by Crippen LogP contribution is 2.40. The van der Waals surface area contributed by atoms with Gasteiger partial charge in [-0.3, -0.25) is 4.79 Å². The number of anilines is 2. The highest BCUT2D eigenvalue weighted by atomic mass is 19.1. The number of halogens is 2. The first-order valence-electron chi connectivity index (χ1n) is 10.6. The summed E-state index contributed by atoms with van der Waals surface area (Å²) in [6.45, 7) is 3.21. The molecule has 3 aromatic rings. The molecule has 0 saturated carbocycles. The molecule has 0 aromatic heterocycles. The van der Waals surface area contributed by atoms with Gasteiger partial charge in [-0.2, -0.15) is 0 Å². The fourth-order valence-electron chi connectivity index (χ4n) is 4.60. The number of nitrogens with one attached hydrogen (secondary N) is 1. The molecule has 0 unspecified atom stereocenters. The molecule has 4 rings (SSSR count). The third kappa shape index (κ3) is 4.93. The van der Waals surface area contributed by atoms with Gasteiger partial charge in [0.15, 0.2) is 0 Å². The molecule has 1 N–H and O–H groups in total. The van der Waals surface area contributed by atoms with Crippen LogP contribution in [-0.2, 0) is 4.79 Å². The van der Waals surface area contributed by atoms with Crippen molar-refractivity contribution in [1.82, 2.24) is 0 Å². The fourth-order valence-corrected chi connectivity index (χ4v) is 4.60. The lowest BCUT2D eigenvalue weighted by atomic mass is 9.76. The third-order valence-corrected chi connectivity index (χ3v) is 6.02. The van der Waals surface area contributed by atoms with E-state index < -0.39 is 0 Å². The lowest BCUT2D eigenvalue weighted by Gasteiger charge is -2.38. The summed E-state index contributed by atoms with van der Waals surface area (Å²) in [4.78, 5) is 13.9. The van der Waals surface area contributed by atoms with Crippen molar-refractivity contribution < 1.29 is 13.6 Å². The van der Waals surface area contributed by atoms with Gasteiger partial charge >= 0.3 is 0 Å². The standard InChI is InChI=1S/C26H26F2N2O/c1-18(31)29-24-4-2-3-5-25(24)30-16-14-21(15-17-30)26(19-6-10-22(27)11-7-19)20-8-12-23(28)13-9-20/h2-13,21,26H,14-17H2,1H3,(H,29,31). The zero-order valence-corrected chi connectivity index (χ0v) is 17.5. The Kier molecular flexibility index (Phi) is 6.31. The van der Waals surface area contributed by atoms with Gasteiger partial charge in [0.25, 0.3) is 0 Å². The quantitative estimate of drug-likeness (QED) is 0.551. The van der Waals surface area contributed by atoms with E-state index in [1.807, 2.05) is 48.5 Å². The molecule has 1 amide bonds. The molecule has 1 heterocycles. The molecule has 0 aliphatic carbocycles. The van der Waals surface area contributed by atoms with E-state index in [1.165, 1.54) is 31.2 Å². The van der Waals surface area contributed by atoms with Crippen LogP contribution in [0.4, 0.5) is 20.2 Å². The number of carbonyl (C=O) groups is 1. The van der Waals surface area contributed by atoms with Gasteiger partial charge in [-0.25, -0.2) is 8.78 Å². The number of hydrogen-bond donors (Lipinski definition) is 1. The average Bonchev–Trinajstić information content (AvgIpc) is 2.77. The topological polar surface area (TPSA) is 32.3 Å². The van der Waals surface area contributed by atoms with E-state index in [0.717, 1.165) is 48.4 Å². The first kappa shape index (κ1) is 21.0. The van der Waals surface area contributed by atoms with Crippen LogP contribution >= 0.6 is 0 Å². The SMILES string of the molecule is CC(=O)Nc1ccccc1N1CCC(C(c2ccc(F)cc2)c2ccc(F)cc2)CC1. The molecule has 0 spiro atoms. The number of para-hydroxylation sites is 2. The minimum Gasteiger partial charge on any atom is -0.370 e. The molecule has 31 heavy (non-hydrogen) atoms. The van der Waals surface area contributed by atoms with Crippen LogP contribution in [0.1, 0.15) is 36.8 Å². The van der Waals surface area contributed by atoms with E-state index in [9.17, 15) is 13.6 Å². The van der Waals surface area contributed by atoms with Crippen molar-refractivity contribution in [2.24, 2.45) is 5.92 Å². The Morgan fingerprint density at radius 3 is 1.90 bits per heavy atom. The van der Waals surface area contributed by atoms with Crippen molar-refractivity contribution in [3.8, 4) is 0 Å². The maximum absolute atomic E-state index is 13.5. The molecular formula is C26H26F2N2O. The van der Waals surface area contributed by atoms with E-state index in [1.54, 1.807) is 0 Å². The van der Waals surface area contributed by atoms with E-state index in [4.69, 9.17) is 0 Å². The minimum atomic E-state index is -0.258. The van der Waals surface area contributed by atoms with Crippen molar-refractivity contribution in [2.45, 2.75) is 25.7 Å². The van der Waals surface area contributed by atoms with E-state index in [2.05, 4.69) is 10.2 Å². The summed E-state index contributed by atoms with van der Waals surface area (Å²) >= 11 is 0. The second-order valence-electron chi connectivity index (χ2n) is 8.10. The number of piperidine rings is 1. The largest absolute Gasteiger partial charge is 0.370 e. The van der Waals surface area contributed by atoms with Crippen LogP contribution in [-0.4, -0.2) is 19.0 Å². The van der Waals surface area contributed by atoms with Crippen LogP contribution in [0.15, 0.2) is 72.8 Å². The Bertz CT molecular complexity index is 981. The predicted octanol–water partition coefficient (Wildman–Crippen LogP) is 5.97. The molecule has 1 saturated heterocycles. The van der Waals surface area contributed by atoms with Crippen LogP contribution in [0, 0.1) is 17.6 Å². The molecule has 1 fully saturated rings. The molecule has 1 aliphatic rings.